The second kappa shape index (κ2) is 19.3. The number of nitrogens with one attached hydrogen (secondary N) is 3. The summed E-state index contributed by atoms with van der Waals surface area (Å²) in [6.07, 6.45) is 1.22. The fraction of sp³-hybridized carbons (Fsp3) is 0.390. The van der Waals surface area contributed by atoms with E-state index in [2.05, 4.69) is 25.9 Å². The van der Waals surface area contributed by atoms with Crippen molar-refractivity contribution in [2.24, 2.45) is 5.92 Å². The number of carbonyl (C=O) groups is 3. The van der Waals surface area contributed by atoms with Crippen molar-refractivity contribution in [3.05, 3.63) is 89.7 Å². The zero-order valence-electron chi connectivity index (χ0n) is 33.0. The molecule has 0 fully saturated rings. The van der Waals surface area contributed by atoms with Crippen molar-refractivity contribution in [1.82, 2.24) is 20.6 Å². The van der Waals surface area contributed by atoms with Gasteiger partial charge in [-0.2, -0.15) is 0 Å². The smallest absolute Gasteiger partial charge is 0.408 e. The molecule has 2 amide bonds. The highest BCUT2D eigenvalue weighted by molar-refractivity contribution is 5.90. The first kappa shape index (κ1) is 41.7. The maximum absolute atomic E-state index is 13.4. The van der Waals surface area contributed by atoms with Crippen LogP contribution in [0.3, 0.4) is 0 Å². The third kappa shape index (κ3) is 12.2. The summed E-state index contributed by atoms with van der Waals surface area (Å²) in [5.41, 5.74) is 2.60. The van der Waals surface area contributed by atoms with Crippen molar-refractivity contribution >= 4 is 41.0 Å². The Morgan fingerprint density at radius 1 is 0.873 bits per heavy atom. The van der Waals surface area contributed by atoms with Crippen molar-refractivity contribution in [2.75, 3.05) is 38.2 Å². The van der Waals surface area contributed by atoms with E-state index < -0.39 is 23.7 Å². The average molecular weight is 757 g/mol. The molecule has 1 unspecified atom stereocenters. The zero-order chi connectivity index (χ0) is 40.1. The lowest BCUT2D eigenvalue weighted by atomic mass is 10.0. The predicted octanol–water partition coefficient (Wildman–Crippen LogP) is 7.32. The highest BCUT2D eigenvalue weighted by atomic mass is 16.6. The van der Waals surface area contributed by atoms with Crippen LogP contribution in [0.4, 0.5) is 27.8 Å². The Balaban J connectivity index is 1.68. The number of benzene rings is 3. The van der Waals surface area contributed by atoms with E-state index in [0.717, 1.165) is 16.8 Å². The molecule has 0 radical (unpaired) electrons. The van der Waals surface area contributed by atoms with Gasteiger partial charge in [-0.3, -0.25) is 4.79 Å². The Morgan fingerprint density at radius 2 is 1.58 bits per heavy atom. The molecule has 14 heteroatoms. The molecule has 3 N–H and O–H groups in total. The van der Waals surface area contributed by atoms with Crippen LogP contribution >= 0.6 is 0 Å². The monoisotopic (exact) mass is 756 g/mol. The van der Waals surface area contributed by atoms with Gasteiger partial charge in [-0.1, -0.05) is 32.0 Å². The molecule has 0 aliphatic rings. The zero-order valence-corrected chi connectivity index (χ0v) is 33.0. The number of hydrogen-bond acceptors (Lipinski definition) is 12. The summed E-state index contributed by atoms with van der Waals surface area (Å²) in [5, 5.41) is 8.98. The van der Waals surface area contributed by atoms with Gasteiger partial charge in [-0.15, -0.1) is 0 Å². The molecule has 14 nitrogen and oxygen atoms in total. The summed E-state index contributed by atoms with van der Waals surface area (Å²) >= 11 is 0. The molecule has 0 saturated heterocycles. The summed E-state index contributed by atoms with van der Waals surface area (Å²) in [4.78, 5) is 49.4. The summed E-state index contributed by atoms with van der Waals surface area (Å²) in [6.45, 7) is 11.7. The summed E-state index contributed by atoms with van der Waals surface area (Å²) in [5.74, 6) is 2.05. The maximum atomic E-state index is 13.4. The molecule has 0 bridgehead atoms. The molecule has 0 saturated carbocycles. The highest BCUT2D eigenvalue weighted by Gasteiger charge is 2.26. The van der Waals surface area contributed by atoms with Crippen LogP contribution in [-0.2, 0) is 27.4 Å². The molecule has 0 aliphatic carbocycles. The number of hydrogen-bond donors (Lipinski definition) is 3. The maximum Gasteiger partial charge on any atom is 0.408 e. The molecule has 4 aromatic rings. The minimum atomic E-state index is -0.783. The van der Waals surface area contributed by atoms with Gasteiger partial charge < -0.3 is 44.5 Å². The molecule has 55 heavy (non-hydrogen) atoms. The molecule has 0 spiro atoms. The molecule has 294 valence electrons. The van der Waals surface area contributed by atoms with Crippen molar-refractivity contribution in [1.29, 1.82) is 0 Å². The predicted molar refractivity (Wildman–Crippen MR) is 211 cm³/mol. The van der Waals surface area contributed by atoms with Gasteiger partial charge in [0, 0.05) is 36.1 Å². The lowest BCUT2D eigenvalue weighted by Crippen LogP contribution is -2.48. The van der Waals surface area contributed by atoms with Gasteiger partial charge in [0.2, 0.25) is 5.91 Å². The molecule has 3 aromatic carbocycles. The summed E-state index contributed by atoms with van der Waals surface area (Å²) in [6, 6.07) is 19.2. The van der Waals surface area contributed by atoms with Crippen LogP contribution in [0.15, 0.2) is 73.1 Å². The van der Waals surface area contributed by atoms with Crippen molar-refractivity contribution < 1.29 is 38.1 Å². The number of carbonyl (C=O) groups excluding carboxylic acids is 3. The van der Waals surface area contributed by atoms with E-state index in [9.17, 15) is 14.4 Å². The first-order valence-electron chi connectivity index (χ1n) is 18.0. The van der Waals surface area contributed by atoms with E-state index in [-0.39, 0.29) is 31.5 Å². The van der Waals surface area contributed by atoms with Crippen LogP contribution in [0.5, 0.6) is 17.2 Å². The van der Waals surface area contributed by atoms with Gasteiger partial charge in [0.1, 0.15) is 46.9 Å². The molecular weight excluding hydrogens is 704 g/mol. The van der Waals surface area contributed by atoms with E-state index in [1.807, 2.05) is 49.1 Å². The largest absolute Gasteiger partial charge is 0.496 e. The van der Waals surface area contributed by atoms with E-state index in [1.54, 1.807) is 85.4 Å². The second-order valence-corrected chi connectivity index (χ2v) is 14.0. The third-order valence-corrected chi connectivity index (χ3v) is 8.11. The molecule has 1 atom stereocenters. The Morgan fingerprint density at radius 3 is 2.22 bits per heavy atom. The fourth-order valence-electron chi connectivity index (χ4n) is 5.65. The van der Waals surface area contributed by atoms with Crippen LogP contribution in [0.2, 0.25) is 0 Å². The first-order valence-corrected chi connectivity index (χ1v) is 18.0. The standard InChI is InChI=1S/C41H52N6O8/c1-10-54-39(49)28-14-12-15-29(19-28)45-36-22-37(44-25-43-36)47(24-32-34(52-8)20-31(51-7)21-35(32)53-9)30-16-11-13-27(18-30)23-42-38(48)33(17-26(2)3)46-40(50)55-41(4,5)6/h11-16,18-22,25-26,33H,10,17,23-24H2,1-9H3,(H,42,48)(H,46,50)(H,43,44,45). The van der Waals surface area contributed by atoms with Crippen LogP contribution < -0.4 is 35.1 Å². The number of methoxy groups -OCH3 is 3. The molecule has 1 heterocycles. The number of alkyl carbamates (subject to hydrolysis) is 1. The normalized spacial score (nSPS) is 11.6. The number of aromatic nitrogens is 2. The van der Waals surface area contributed by atoms with E-state index in [1.165, 1.54) is 6.33 Å². The SMILES string of the molecule is CCOC(=O)c1cccc(Nc2cc(N(Cc3c(OC)cc(OC)cc3OC)c3cccc(CNC(=O)C(CC(C)C)NC(=O)OC(C)(C)C)c3)ncn2)c1. The van der Waals surface area contributed by atoms with Crippen LogP contribution in [0.1, 0.15) is 69.4 Å². The molecule has 0 aliphatic heterocycles. The summed E-state index contributed by atoms with van der Waals surface area (Å²) < 4.78 is 27.6. The minimum Gasteiger partial charge on any atom is -0.496 e. The number of amides is 2. The van der Waals surface area contributed by atoms with Crippen molar-refractivity contribution in [3.8, 4) is 17.2 Å². The van der Waals surface area contributed by atoms with Crippen molar-refractivity contribution in [3.63, 3.8) is 0 Å². The number of esters is 1. The van der Waals surface area contributed by atoms with E-state index in [0.29, 0.717) is 46.6 Å². The van der Waals surface area contributed by atoms with Gasteiger partial charge >= 0.3 is 12.1 Å². The Labute approximate surface area is 322 Å². The highest BCUT2D eigenvalue weighted by Crippen LogP contribution is 2.38. The van der Waals surface area contributed by atoms with Gasteiger partial charge in [0.05, 0.1) is 45.6 Å². The molecular formula is C41H52N6O8. The van der Waals surface area contributed by atoms with Gasteiger partial charge in [0.15, 0.2) is 0 Å². The van der Waals surface area contributed by atoms with Gasteiger partial charge in [0.25, 0.3) is 0 Å². The Kier molecular flexibility index (Phi) is 14.7. The van der Waals surface area contributed by atoms with Crippen LogP contribution in [0.25, 0.3) is 0 Å². The van der Waals surface area contributed by atoms with Gasteiger partial charge in [-0.25, -0.2) is 19.6 Å². The fourth-order valence-corrected chi connectivity index (χ4v) is 5.65. The quantitative estimate of drug-likeness (QED) is 0.0923. The Bertz CT molecular complexity index is 1900. The van der Waals surface area contributed by atoms with Crippen LogP contribution in [0, 0.1) is 5.92 Å². The topological polar surface area (TPSA) is 162 Å². The third-order valence-electron chi connectivity index (χ3n) is 8.11. The number of nitrogens with zero attached hydrogens (tertiary/aromatic N) is 3. The van der Waals surface area contributed by atoms with Crippen molar-refractivity contribution in [2.45, 2.75) is 72.7 Å². The lowest BCUT2D eigenvalue weighted by Gasteiger charge is -2.27. The van der Waals surface area contributed by atoms with E-state index in [4.69, 9.17) is 23.7 Å². The second-order valence-electron chi connectivity index (χ2n) is 14.0. The molecule has 1 aromatic heterocycles. The lowest BCUT2D eigenvalue weighted by molar-refractivity contribution is -0.123. The number of ether oxygens (including phenoxy) is 5. The number of anilines is 4. The number of rotatable bonds is 17. The minimum absolute atomic E-state index is 0.142. The first-order chi connectivity index (χ1) is 26.2. The molecule has 4 rings (SSSR count). The van der Waals surface area contributed by atoms with E-state index >= 15 is 0 Å². The average Bonchev–Trinajstić information content (AvgIpc) is 3.15. The summed E-state index contributed by atoms with van der Waals surface area (Å²) in [7, 11) is 4.72. The van der Waals surface area contributed by atoms with Crippen LogP contribution in [-0.4, -0.2) is 67.5 Å². The van der Waals surface area contributed by atoms with Gasteiger partial charge in [-0.05, 0) is 75.9 Å². The Hall–Kier alpha value is -6.05.